The van der Waals surface area contributed by atoms with Gasteiger partial charge < -0.3 is 4.74 Å². The summed E-state index contributed by atoms with van der Waals surface area (Å²) in [6.45, 7) is 8.47. The summed E-state index contributed by atoms with van der Waals surface area (Å²) in [5, 5.41) is 0. The molecular weight excluding hydrogens is 162 g/mol. The first-order valence-electron chi connectivity index (χ1n) is 4.44. The summed E-state index contributed by atoms with van der Waals surface area (Å²) in [6, 6.07) is 3.91. The second-order valence-corrected chi connectivity index (χ2v) is 3.07. The van der Waals surface area contributed by atoms with Gasteiger partial charge in [-0.1, -0.05) is 18.2 Å². The first-order valence-corrected chi connectivity index (χ1v) is 4.44. The second-order valence-electron chi connectivity index (χ2n) is 3.07. The van der Waals surface area contributed by atoms with Crippen molar-refractivity contribution in [3.63, 3.8) is 0 Å². The van der Waals surface area contributed by atoms with Crippen LogP contribution in [-0.2, 0) is 6.42 Å². The molecule has 0 atom stereocenters. The maximum Gasteiger partial charge on any atom is 0.213 e. The van der Waals surface area contributed by atoms with Crippen molar-refractivity contribution in [2.45, 2.75) is 20.3 Å². The molecule has 0 spiro atoms. The Balaban J connectivity index is 2.64. The van der Waals surface area contributed by atoms with E-state index >= 15 is 0 Å². The van der Waals surface area contributed by atoms with Crippen LogP contribution in [0, 0.1) is 0 Å². The molecule has 1 rings (SSSR count). The summed E-state index contributed by atoms with van der Waals surface area (Å²) in [4.78, 5) is 4.16. The lowest BCUT2D eigenvalue weighted by atomic mass is 10.1. The van der Waals surface area contributed by atoms with Crippen molar-refractivity contribution in [2.75, 3.05) is 6.61 Å². The van der Waals surface area contributed by atoms with Gasteiger partial charge in [-0.2, -0.15) is 0 Å². The van der Waals surface area contributed by atoms with Crippen LogP contribution in [0.1, 0.15) is 19.4 Å². The smallest absolute Gasteiger partial charge is 0.213 e. The average molecular weight is 177 g/mol. The van der Waals surface area contributed by atoms with Crippen molar-refractivity contribution in [1.29, 1.82) is 0 Å². The third-order valence-electron chi connectivity index (χ3n) is 1.60. The summed E-state index contributed by atoms with van der Waals surface area (Å²) in [5.41, 5.74) is 2.32. The molecule has 0 amide bonds. The highest BCUT2D eigenvalue weighted by Gasteiger charge is 1.95. The van der Waals surface area contributed by atoms with Gasteiger partial charge in [-0.05, 0) is 25.8 Å². The van der Waals surface area contributed by atoms with E-state index in [1.54, 1.807) is 0 Å². The molecule has 0 N–H and O–H groups in total. The Morgan fingerprint density at radius 1 is 1.54 bits per heavy atom. The quantitative estimate of drug-likeness (QED) is 0.659. The first kappa shape index (κ1) is 9.78. The Bertz CT molecular complexity index is 277. The van der Waals surface area contributed by atoms with Gasteiger partial charge in [0.05, 0.1) is 6.61 Å². The van der Waals surface area contributed by atoms with E-state index in [9.17, 15) is 0 Å². The van der Waals surface area contributed by atoms with Gasteiger partial charge in [0.25, 0.3) is 0 Å². The molecule has 2 heteroatoms. The van der Waals surface area contributed by atoms with Gasteiger partial charge in [-0.15, -0.1) is 0 Å². The molecule has 0 aliphatic carbocycles. The number of pyridine rings is 1. The number of ether oxygens (including phenoxy) is 1. The van der Waals surface area contributed by atoms with E-state index in [2.05, 4.69) is 11.6 Å². The molecule has 0 fully saturated rings. The molecule has 0 aliphatic heterocycles. The molecule has 13 heavy (non-hydrogen) atoms. The van der Waals surface area contributed by atoms with Gasteiger partial charge >= 0.3 is 0 Å². The van der Waals surface area contributed by atoms with Crippen LogP contribution in [-0.4, -0.2) is 11.6 Å². The molecular formula is C11H15NO. The lowest BCUT2D eigenvalue weighted by Gasteiger charge is -2.03. The van der Waals surface area contributed by atoms with E-state index in [0.717, 1.165) is 12.0 Å². The van der Waals surface area contributed by atoms with E-state index < -0.39 is 0 Å². The highest BCUT2D eigenvalue weighted by atomic mass is 16.5. The molecule has 70 valence electrons. The number of aromatic nitrogens is 1. The summed E-state index contributed by atoms with van der Waals surface area (Å²) in [7, 11) is 0. The minimum Gasteiger partial charge on any atom is -0.478 e. The van der Waals surface area contributed by atoms with Crippen molar-refractivity contribution < 1.29 is 4.74 Å². The largest absolute Gasteiger partial charge is 0.478 e. The lowest BCUT2D eigenvalue weighted by molar-refractivity contribution is 0.326. The van der Waals surface area contributed by atoms with Crippen LogP contribution in [0.5, 0.6) is 5.88 Å². The van der Waals surface area contributed by atoms with Crippen LogP contribution in [0.15, 0.2) is 30.5 Å². The molecule has 1 heterocycles. The minimum atomic E-state index is 0.660. The monoisotopic (exact) mass is 177 g/mol. The highest BCUT2D eigenvalue weighted by Crippen LogP contribution is 2.10. The Hall–Kier alpha value is -1.31. The van der Waals surface area contributed by atoms with Crippen molar-refractivity contribution >= 4 is 0 Å². The summed E-state index contributed by atoms with van der Waals surface area (Å²) in [6.07, 6.45) is 2.72. The van der Waals surface area contributed by atoms with Crippen molar-refractivity contribution in [3.8, 4) is 5.88 Å². The molecule has 0 saturated carbocycles. The Labute approximate surface area is 79.3 Å². The maximum atomic E-state index is 5.23. The number of hydrogen-bond donors (Lipinski definition) is 0. The van der Waals surface area contributed by atoms with Gasteiger partial charge in [0, 0.05) is 12.3 Å². The topological polar surface area (TPSA) is 22.1 Å². The lowest BCUT2D eigenvalue weighted by Crippen LogP contribution is -1.95. The van der Waals surface area contributed by atoms with Gasteiger partial charge in [0.2, 0.25) is 5.88 Å². The Kier molecular flexibility index (Phi) is 3.50. The molecule has 0 aliphatic rings. The minimum absolute atomic E-state index is 0.660. The standard InChI is InChI=1S/C11H15NO/c1-4-13-11-6-5-10(8-12-11)7-9(2)3/h5-6,8H,2,4,7H2,1,3H3. The summed E-state index contributed by atoms with van der Waals surface area (Å²) >= 11 is 0. The van der Waals surface area contributed by atoms with E-state index in [4.69, 9.17) is 4.74 Å². The zero-order valence-corrected chi connectivity index (χ0v) is 8.21. The van der Waals surface area contributed by atoms with Gasteiger partial charge in [-0.25, -0.2) is 4.98 Å². The normalized spacial score (nSPS) is 9.69. The van der Waals surface area contributed by atoms with Crippen LogP contribution in [0.4, 0.5) is 0 Å². The van der Waals surface area contributed by atoms with Crippen molar-refractivity contribution in [3.05, 3.63) is 36.0 Å². The predicted molar refractivity (Wildman–Crippen MR) is 53.9 cm³/mol. The maximum absolute atomic E-state index is 5.23. The fourth-order valence-corrected chi connectivity index (χ4v) is 1.10. The third kappa shape index (κ3) is 3.28. The van der Waals surface area contributed by atoms with Gasteiger partial charge in [0.15, 0.2) is 0 Å². The van der Waals surface area contributed by atoms with Gasteiger partial charge in [0.1, 0.15) is 0 Å². The number of hydrogen-bond acceptors (Lipinski definition) is 2. The van der Waals surface area contributed by atoms with Crippen LogP contribution >= 0.6 is 0 Å². The van der Waals surface area contributed by atoms with Crippen LogP contribution in [0.25, 0.3) is 0 Å². The highest BCUT2D eigenvalue weighted by molar-refractivity contribution is 5.21. The van der Waals surface area contributed by atoms with Crippen LogP contribution < -0.4 is 4.74 Å². The van der Waals surface area contributed by atoms with Crippen molar-refractivity contribution in [2.24, 2.45) is 0 Å². The van der Waals surface area contributed by atoms with E-state index in [1.807, 2.05) is 32.2 Å². The molecule has 0 saturated heterocycles. The molecule has 0 aromatic carbocycles. The average Bonchev–Trinajstić information content (AvgIpc) is 2.08. The molecule has 2 nitrogen and oxygen atoms in total. The molecule has 1 aromatic heterocycles. The number of nitrogens with zero attached hydrogens (tertiary/aromatic N) is 1. The van der Waals surface area contributed by atoms with E-state index in [1.165, 1.54) is 5.56 Å². The van der Waals surface area contributed by atoms with Crippen LogP contribution in [0.2, 0.25) is 0 Å². The third-order valence-corrected chi connectivity index (χ3v) is 1.60. The van der Waals surface area contributed by atoms with Crippen LogP contribution in [0.3, 0.4) is 0 Å². The fourth-order valence-electron chi connectivity index (χ4n) is 1.10. The second kappa shape index (κ2) is 4.65. The zero-order chi connectivity index (χ0) is 9.68. The zero-order valence-electron chi connectivity index (χ0n) is 8.21. The molecule has 0 unspecified atom stereocenters. The number of allylic oxidation sites excluding steroid dienone is 1. The van der Waals surface area contributed by atoms with E-state index in [-0.39, 0.29) is 0 Å². The van der Waals surface area contributed by atoms with Gasteiger partial charge in [-0.3, -0.25) is 0 Å². The number of rotatable bonds is 4. The fraction of sp³-hybridized carbons (Fsp3) is 0.364. The predicted octanol–water partition coefficient (Wildman–Crippen LogP) is 2.60. The summed E-state index contributed by atoms with van der Waals surface area (Å²) < 4.78 is 5.23. The summed E-state index contributed by atoms with van der Waals surface area (Å²) in [5.74, 6) is 0.688. The van der Waals surface area contributed by atoms with E-state index in [0.29, 0.717) is 12.5 Å². The Morgan fingerprint density at radius 2 is 2.31 bits per heavy atom. The molecule has 0 radical (unpaired) electrons. The molecule has 0 bridgehead atoms. The SMILES string of the molecule is C=C(C)Cc1ccc(OCC)nc1. The van der Waals surface area contributed by atoms with Crippen molar-refractivity contribution in [1.82, 2.24) is 4.98 Å². The molecule has 1 aromatic rings. The Morgan fingerprint density at radius 3 is 2.77 bits per heavy atom. The first-order chi connectivity index (χ1) is 6.22.